The number of rotatable bonds is 12. The van der Waals surface area contributed by atoms with Crippen molar-refractivity contribution in [3.63, 3.8) is 0 Å². The van der Waals surface area contributed by atoms with E-state index in [1.807, 2.05) is 85.3 Å². The molecular formula is C27H36FN5O2. The third-order valence-corrected chi connectivity index (χ3v) is 5.86. The van der Waals surface area contributed by atoms with Gasteiger partial charge in [0.25, 0.3) is 0 Å². The molecule has 0 aliphatic heterocycles. The van der Waals surface area contributed by atoms with Crippen molar-refractivity contribution in [1.29, 1.82) is 0 Å². The molecule has 7 nitrogen and oxygen atoms in total. The molecule has 3 rings (SSSR count). The van der Waals surface area contributed by atoms with Gasteiger partial charge in [-0.2, -0.15) is 0 Å². The second-order valence-electron chi connectivity index (χ2n) is 9.41. The second kappa shape index (κ2) is 12.1. The fourth-order valence-corrected chi connectivity index (χ4v) is 4.16. The molecule has 35 heavy (non-hydrogen) atoms. The number of imidazole rings is 1. The Labute approximate surface area is 206 Å². The lowest BCUT2D eigenvalue weighted by Crippen LogP contribution is -2.53. The van der Waals surface area contributed by atoms with Crippen molar-refractivity contribution in [1.82, 2.24) is 14.5 Å². The van der Waals surface area contributed by atoms with E-state index in [1.165, 1.54) is 7.11 Å². The molecule has 188 valence electrons. The molecule has 2 atom stereocenters. The van der Waals surface area contributed by atoms with Gasteiger partial charge in [0.2, 0.25) is 5.91 Å². The summed E-state index contributed by atoms with van der Waals surface area (Å²) >= 11 is 0. The van der Waals surface area contributed by atoms with Crippen molar-refractivity contribution >= 4 is 5.91 Å². The highest BCUT2D eigenvalue weighted by molar-refractivity contribution is 5.78. The number of ether oxygens (including phenoxy) is 1. The van der Waals surface area contributed by atoms with E-state index in [0.29, 0.717) is 18.8 Å². The molecule has 0 aliphatic carbocycles. The standard InChI is InChI=1S/C27H36FN5O2/c1-27(2,30)25(33(24(34)19-35-3)15-14-22(29)16-28)26-31-23(21-12-8-5-9-13-21)18-32(26)17-20-10-6-4-7-11-20/h4-13,18,22,25H,14-17,19,29-30H2,1-3H3/t22-,25+/m1/s1. The Hall–Kier alpha value is -3.07. The molecule has 0 saturated carbocycles. The highest BCUT2D eigenvalue weighted by Gasteiger charge is 2.38. The Morgan fingerprint density at radius 3 is 2.34 bits per heavy atom. The maximum atomic E-state index is 13.2. The van der Waals surface area contributed by atoms with E-state index < -0.39 is 24.3 Å². The first-order chi connectivity index (χ1) is 16.7. The van der Waals surface area contributed by atoms with Gasteiger partial charge in [-0.05, 0) is 25.8 Å². The number of alkyl halides is 1. The first-order valence-electron chi connectivity index (χ1n) is 11.8. The zero-order chi connectivity index (χ0) is 25.4. The number of carbonyl (C=O) groups is 1. The van der Waals surface area contributed by atoms with E-state index in [-0.39, 0.29) is 19.1 Å². The van der Waals surface area contributed by atoms with Gasteiger partial charge in [0.1, 0.15) is 25.1 Å². The van der Waals surface area contributed by atoms with Crippen LogP contribution in [0.3, 0.4) is 0 Å². The van der Waals surface area contributed by atoms with E-state index >= 15 is 0 Å². The Morgan fingerprint density at radius 2 is 1.77 bits per heavy atom. The molecule has 0 saturated heterocycles. The zero-order valence-corrected chi connectivity index (χ0v) is 20.7. The SMILES string of the molecule is COCC(=O)N(CC[C@@H](N)CF)[C@@H](c1nc(-c2ccccc2)cn1Cc1ccccc1)C(C)(C)N. The fourth-order valence-electron chi connectivity index (χ4n) is 4.16. The smallest absolute Gasteiger partial charge is 0.249 e. The van der Waals surface area contributed by atoms with Gasteiger partial charge in [0.05, 0.1) is 5.69 Å². The molecule has 1 aromatic heterocycles. The van der Waals surface area contributed by atoms with Crippen molar-refractivity contribution in [3.8, 4) is 11.3 Å². The van der Waals surface area contributed by atoms with Crippen LogP contribution in [0.2, 0.25) is 0 Å². The van der Waals surface area contributed by atoms with Crippen LogP contribution in [-0.4, -0.2) is 58.9 Å². The van der Waals surface area contributed by atoms with Gasteiger partial charge in [0, 0.05) is 43.5 Å². The van der Waals surface area contributed by atoms with Crippen molar-refractivity contribution in [2.75, 3.05) is 26.9 Å². The van der Waals surface area contributed by atoms with Crippen LogP contribution in [0.25, 0.3) is 11.3 Å². The number of carbonyl (C=O) groups excluding carboxylic acids is 1. The van der Waals surface area contributed by atoms with E-state index in [1.54, 1.807) is 4.90 Å². The minimum Gasteiger partial charge on any atom is -0.375 e. The molecule has 0 spiro atoms. The number of methoxy groups -OCH3 is 1. The fraction of sp³-hybridized carbons (Fsp3) is 0.407. The van der Waals surface area contributed by atoms with Crippen LogP contribution in [0, 0.1) is 0 Å². The molecule has 8 heteroatoms. The lowest BCUT2D eigenvalue weighted by atomic mass is 9.92. The van der Waals surface area contributed by atoms with E-state index in [0.717, 1.165) is 16.8 Å². The van der Waals surface area contributed by atoms with Gasteiger partial charge in [-0.15, -0.1) is 0 Å². The van der Waals surface area contributed by atoms with Crippen LogP contribution in [0.1, 0.15) is 37.7 Å². The van der Waals surface area contributed by atoms with Crippen LogP contribution >= 0.6 is 0 Å². The molecule has 0 bridgehead atoms. The summed E-state index contributed by atoms with van der Waals surface area (Å²) in [4.78, 5) is 19.9. The van der Waals surface area contributed by atoms with Crippen LogP contribution in [0.15, 0.2) is 66.9 Å². The van der Waals surface area contributed by atoms with E-state index in [2.05, 4.69) is 0 Å². The van der Waals surface area contributed by atoms with Crippen LogP contribution in [-0.2, 0) is 16.1 Å². The van der Waals surface area contributed by atoms with Gasteiger partial charge >= 0.3 is 0 Å². The van der Waals surface area contributed by atoms with Crippen LogP contribution < -0.4 is 11.5 Å². The molecule has 0 unspecified atom stereocenters. The normalized spacial score (nSPS) is 13.4. The minimum absolute atomic E-state index is 0.123. The third-order valence-electron chi connectivity index (χ3n) is 5.86. The molecule has 3 aromatic rings. The van der Waals surface area contributed by atoms with Crippen LogP contribution in [0.4, 0.5) is 4.39 Å². The molecule has 4 N–H and O–H groups in total. The highest BCUT2D eigenvalue weighted by atomic mass is 19.1. The van der Waals surface area contributed by atoms with Crippen LogP contribution in [0.5, 0.6) is 0 Å². The number of nitrogens with zero attached hydrogens (tertiary/aromatic N) is 3. The number of benzene rings is 2. The van der Waals surface area contributed by atoms with Crippen molar-refractivity contribution in [2.24, 2.45) is 11.5 Å². The summed E-state index contributed by atoms with van der Waals surface area (Å²) < 4.78 is 20.3. The molecule has 0 aliphatic rings. The lowest BCUT2D eigenvalue weighted by Gasteiger charge is -2.40. The minimum atomic E-state index is -0.864. The molecular weight excluding hydrogens is 445 g/mol. The number of amides is 1. The monoisotopic (exact) mass is 481 g/mol. The Morgan fingerprint density at radius 1 is 1.14 bits per heavy atom. The molecule has 0 fully saturated rings. The van der Waals surface area contributed by atoms with Gasteiger partial charge < -0.3 is 25.7 Å². The molecule has 1 heterocycles. The average Bonchev–Trinajstić information content (AvgIpc) is 3.24. The van der Waals surface area contributed by atoms with Crippen molar-refractivity contribution < 1.29 is 13.9 Å². The molecule has 2 aromatic carbocycles. The number of nitrogens with two attached hydrogens (primary N) is 2. The number of hydrogen-bond donors (Lipinski definition) is 2. The summed E-state index contributed by atoms with van der Waals surface area (Å²) in [7, 11) is 1.47. The number of hydrogen-bond acceptors (Lipinski definition) is 5. The summed E-state index contributed by atoms with van der Waals surface area (Å²) in [5.41, 5.74) is 14.5. The summed E-state index contributed by atoms with van der Waals surface area (Å²) in [6.45, 7) is 3.73. The predicted octanol–water partition coefficient (Wildman–Crippen LogP) is 3.54. The van der Waals surface area contributed by atoms with Gasteiger partial charge in [-0.1, -0.05) is 60.7 Å². The van der Waals surface area contributed by atoms with E-state index in [4.69, 9.17) is 21.2 Å². The number of halogens is 1. The van der Waals surface area contributed by atoms with Crippen molar-refractivity contribution in [3.05, 3.63) is 78.2 Å². The molecule has 1 amide bonds. The summed E-state index contributed by atoms with van der Waals surface area (Å²) in [5.74, 6) is 0.399. The Balaban J connectivity index is 2.13. The summed E-state index contributed by atoms with van der Waals surface area (Å²) in [5, 5.41) is 0. The Kier molecular flexibility index (Phi) is 9.14. The zero-order valence-electron chi connectivity index (χ0n) is 20.7. The average molecular weight is 482 g/mol. The highest BCUT2D eigenvalue weighted by Crippen LogP contribution is 2.33. The van der Waals surface area contributed by atoms with Gasteiger partial charge in [-0.25, -0.2) is 9.37 Å². The van der Waals surface area contributed by atoms with Gasteiger partial charge in [-0.3, -0.25) is 4.79 Å². The maximum Gasteiger partial charge on any atom is 0.249 e. The topological polar surface area (TPSA) is 99.4 Å². The first-order valence-corrected chi connectivity index (χ1v) is 11.8. The van der Waals surface area contributed by atoms with E-state index in [9.17, 15) is 9.18 Å². The third kappa shape index (κ3) is 6.97. The lowest BCUT2D eigenvalue weighted by molar-refractivity contribution is -0.139. The van der Waals surface area contributed by atoms with Gasteiger partial charge in [0.15, 0.2) is 0 Å². The Bertz CT molecular complexity index is 1070. The maximum absolute atomic E-state index is 13.2. The largest absolute Gasteiger partial charge is 0.375 e. The summed E-state index contributed by atoms with van der Waals surface area (Å²) in [6, 6.07) is 18.6. The molecule has 0 radical (unpaired) electrons. The quantitative estimate of drug-likeness (QED) is 0.412. The predicted molar refractivity (Wildman–Crippen MR) is 136 cm³/mol. The first kappa shape index (κ1) is 26.5. The number of aromatic nitrogens is 2. The van der Waals surface area contributed by atoms with Crippen molar-refractivity contribution in [2.45, 2.75) is 44.4 Å². The summed E-state index contributed by atoms with van der Waals surface area (Å²) in [6.07, 6.45) is 2.28. The second-order valence-corrected chi connectivity index (χ2v) is 9.41.